The van der Waals surface area contributed by atoms with Crippen molar-refractivity contribution in [3.05, 3.63) is 11.8 Å². The largest absolute Gasteiger partial charge is 0.357 e. The number of rotatable bonds is 3. The van der Waals surface area contributed by atoms with Gasteiger partial charge in [-0.3, -0.25) is 0 Å². The summed E-state index contributed by atoms with van der Waals surface area (Å²) in [5, 5.41) is 3.05. The highest BCUT2D eigenvalue weighted by Crippen LogP contribution is 2.21. The molecule has 0 aromatic carbocycles. The van der Waals surface area contributed by atoms with E-state index in [0.29, 0.717) is 12.0 Å². The molecule has 106 valence electrons. The lowest BCUT2D eigenvalue weighted by atomic mass is 10.2. The van der Waals surface area contributed by atoms with E-state index >= 15 is 0 Å². The molecule has 1 aliphatic rings. The molecule has 1 fully saturated rings. The van der Waals surface area contributed by atoms with Crippen LogP contribution in [0.5, 0.6) is 0 Å². The molecule has 1 N–H and O–H groups in total. The summed E-state index contributed by atoms with van der Waals surface area (Å²) in [6.45, 7) is 7.62. The number of aryl methyl sites for hydroxylation is 1. The van der Waals surface area contributed by atoms with Crippen molar-refractivity contribution in [2.24, 2.45) is 0 Å². The van der Waals surface area contributed by atoms with Crippen molar-refractivity contribution in [2.75, 3.05) is 43.9 Å². The highest BCUT2D eigenvalue weighted by Gasteiger charge is 2.23. The van der Waals surface area contributed by atoms with Crippen LogP contribution in [-0.2, 0) is 0 Å². The van der Waals surface area contributed by atoms with Crippen molar-refractivity contribution in [3.63, 3.8) is 0 Å². The van der Waals surface area contributed by atoms with E-state index in [1.807, 2.05) is 14.0 Å². The Morgan fingerprint density at radius 2 is 2.16 bits per heavy atom. The molecule has 0 spiro atoms. The highest BCUT2D eigenvalue weighted by molar-refractivity contribution is 5.45. The van der Waals surface area contributed by atoms with Gasteiger partial charge in [-0.15, -0.1) is 0 Å². The molecular weight excluding hydrogens is 238 g/mol. The zero-order chi connectivity index (χ0) is 13.8. The lowest BCUT2D eigenvalue weighted by Gasteiger charge is -2.31. The Morgan fingerprint density at radius 3 is 2.84 bits per heavy atom. The first kappa shape index (κ1) is 14.1. The molecule has 1 atom stereocenters. The van der Waals surface area contributed by atoms with Crippen LogP contribution in [0.1, 0.15) is 25.5 Å². The van der Waals surface area contributed by atoms with Gasteiger partial charge in [0.25, 0.3) is 0 Å². The summed E-state index contributed by atoms with van der Waals surface area (Å²) in [5.41, 5.74) is 1.02. The van der Waals surface area contributed by atoms with Crippen LogP contribution in [0.2, 0.25) is 0 Å². The second-order valence-corrected chi connectivity index (χ2v) is 5.31. The molecule has 1 aliphatic heterocycles. The van der Waals surface area contributed by atoms with Crippen molar-refractivity contribution >= 4 is 11.8 Å². The molecule has 1 aromatic rings. The standard InChI is InChI=1S/C14H25N5/c1-5-12-10-18(4)7-6-8-19(12)13-9-11(2)16-14(15-3)17-13/h9,12H,5-8,10H2,1-4H3,(H,15,16,17). The third-order valence-electron chi connectivity index (χ3n) is 3.73. The minimum Gasteiger partial charge on any atom is -0.357 e. The van der Waals surface area contributed by atoms with Crippen LogP contribution in [0.3, 0.4) is 0 Å². The highest BCUT2D eigenvalue weighted by atomic mass is 15.3. The van der Waals surface area contributed by atoms with Gasteiger partial charge in [0.05, 0.1) is 0 Å². The SMILES string of the molecule is CCC1CN(C)CCCN1c1cc(C)nc(NC)n1. The van der Waals surface area contributed by atoms with E-state index in [-0.39, 0.29) is 0 Å². The summed E-state index contributed by atoms with van der Waals surface area (Å²) in [7, 11) is 4.07. The Hall–Kier alpha value is -1.36. The number of likely N-dealkylation sites (N-methyl/N-ethyl adjacent to an activating group) is 1. The van der Waals surface area contributed by atoms with Crippen LogP contribution in [0.4, 0.5) is 11.8 Å². The van der Waals surface area contributed by atoms with Crippen molar-refractivity contribution in [1.82, 2.24) is 14.9 Å². The fourth-order valence-corrected chi connectivity index (χ4v) is 2.71. The van der Waals surface area contributed by atoms with Crippen LogP contribution in [0.25, 0.3) is 0 Å². The molecule has 1 unspecified atom stereocenters. The fourth-order valence-electron chi connectivity index (χ4n) is 2.71. The molecule has 0 bridgehead atoms. The first-order valence-corrected chi connectivity index (χ1v) is 7.12. The minimum absolute atomic E-state index is 0.534. The van der Waals surface area contributed by atoms with E-state index in [4.69, 9.17) is 0 Å². The van der Waals surface area contributed by atoms with Gasteiger partial charge in [0.15, 0.2) is 0 Å². The van der Waals surface area contributed by atoms with Crippen LogP contribution in [0.15, 0.2) is 6.07 Å². The molecule has 0 amide bonds. The molecule has 2 rings (SSSR count). The van der Waals surface area contributed by atoms with Gasteiger partial charge in [0.1, 0.15) is 5.82 Å². The predicted molar refractivity (Wildman–Crippen MR) is 79.9 cm³/mol. The smallest absolute Gasteiger partial charge is 0.224 e. The van der Waals surface area contributed by atoms with Crippen molar-refractivity contribution in [3.8, 4) is 0 Å². The quantitative estimate of drug-likeness (QED) is 0.900. The van der Waals surface area contributed by atoms with E-state index in [1.54, 1.807) is 0 Å². The fraction of sp³-hybridized carbons (Fsp3) is 0.714. The van der Waals surface area contributed by atoms with Crippen molar-refractivity contribution in [2.45, 2.75) is 32.7 Å². The first-order chi connectivity index (χ1) is 9.13. The van der Waals surface area contributed by atoms with E-state index < -0.39 is 0 Å². The van der Waals surface area contributed by atoms with Gasteiger partial charge in [-0.25, -0.2) is 4.98 Å². The average molecular weight is 263 g/mol. The molecule has 19 heavy (non-hydrogen) atoms. The Bertz CT molecular complexity index is 420. The number of nitrogens with zero attached hydrogens (tertiary/aromatic N) is 4. The summed E-state index contributed by atoms with van der Waals surface area (Å²) < 4.78 is 0. The Morgan fingerprint density at radius 1 is 1.37 bits per heavy atom. The van der Waals surface area contributed by atoms with Crippen molar-refractivity contribution in [1.29, 1.82) is 0 Å². The second kappa shape index (κ2) is 6.19. The van der Waals surface area contributed by atoms with E-state index in [2.05, 4.69) is 45.1 Å². The van der Waals surface area contributed by atoms with Gasteiger partial charge in [-0.1, -0.05) is 6.92 Å². The molecule has 1 saturated heterocycles. The number of nitrogens with one attached hydrogen (secondary N) is 1. The topological polar surface area (TPSA) is 44.3 Å². The maximum absolute atomic E-state index is 4.63. The maximum Gasteiger partial charge on any atom is 0.224 e. The summed E-state index contributed by atoms with van der Waals surface area (Å²) >= 11 is 0. The Balaban J connectivity index is 2.29. The van der Waals surface area contributed by atoms with Gasteiger partial charge in [0.2, 0.25) is 5.95 Å². The average Bonchev–Trinajstić information content (AvgIpc) is 2.59. The zero-order valence-electron chi connectivity index (χ0n) is 12.5. The van der Waals surface area contributed by atoms with Gasteiger partial charge in [0, 0.05) is 37.9 Å². The molecule has 5 nitrogen and oxygen atoms in total. The van der Waals surface area contributed by atoms with Gasteiger partial charge < -0.3 is 15.1 Å². The molecule has 1 aromatic heterocycles. The number of anilines is 2. The summed E-state index contributed by atoms with van der Waals surface area (Å²) in [5.74, 6) is 1.77. The normalized spacial score (nSPS) is 21.3. The van der Waals surface area contributed by atoms with Gasteiger partial charge in [-0.05, 0) is 33.4 Å². The Kier molecular flexibility index (Phi) is 4.58. The molecule has 0 radical (unpaired) electrons. The monoisotopic (exact) mass is 263 g/mol. The van der Waals surface area contributed by atoms with E-state index in [1.165, 1.54) is 6.42 Å². The Labute approximate surface area is 116 Å². The summed E-state index contributed by atoms with van der Waals surface area (Å²) in [6, 6.07) is 2.63. The number of hydrogen-bond acceptors (Lipinski definition) is 5. The predicted octanol–water partition coefficient (Wildman–Crippen LogP) is 1.75. The van der Waals surface area contributed by atoms with E-state index in [9.17, 15) is 0 Å². The lowest BCUT2D eigenvalue weighted by molar-refractivity contribution is 0.327. The van der Waals surface area contributed by atoms with Crippen LogP contribution >= 0.6 is 0 Å². The molecular formula is C14H25N5. The molecule has 0 saturated carbocycles. The number of aromatic nitrogens is 2. The maximum atomic E-state index is 4.63. The lowest BCUT2D eigenvalue weighted by Crippen LogP contribution is -2.40. The minimum atomic E-state index is 0.534. The molecule has 5 heteroatoms. The van der Waals surface area contributed by atoms with Crippen LogP contribution in [-0.4, -0.2) is 54.6 Å². The molecule has 2 heterocycles. The first-order valence-electron chi connectivity index (χ1n) is 7.12. The van der Waals surface area contributed by atoms with Crippen molar-refractivity contribution < 1.29 is 0 Å². The third-order valence-corrected chi connectivity index (χ3v) is 3.73. The van der Waals surface area contributed by atoms with Gasteiger partial charge in [-0.2, -0.15) is 4.98 Å². The second-order valence-electron chi connectivity index (χ2n) is 5.31. The van der Waals surface area contributed by atoms with Crippen LogP contribution < -0.4 is 10.2 Å². The summed E-state index contributed by atoms with van der Waals surface area (Å²) in [4.78, 5) is 13.9. The van der Waals surface area contributed by atoms with Crippen LogP contribution in [0, 0.1) is 6.92 Å². The number of hydrogen-bond donors (Lipinski definition) is 1. The third kappa shape index (κ3) is 3.35. The van der Waals surface area contributed by atoms with E-state index in [0.717, 1.165) is 37.6 Å². The van der Waals surface area contributed by atoms with Gasteiger partial charge >= 0.3 is 0 Å². The summed E-state index contributed by atoms with van der Waals surface area (Å²) in [6.07, 6.45) is 2.33. The molecule has 0 aliphatic carbocycles. The zero-order valence-corrected chi connectivity index (χ0v) is 12.5.